The molecular formula is C17H15BrO2. The highest BCUT2D eigenvalue weighted by molar-refractivity contribution is 9.10. The van der Waals surface area contributed by atoms with E-state index in [2.05, 4.69) is 40.2 Å². The second-order valence-corrected chi connectivity index (χ2v) is 5.85. The molecule has 2 nitrogen and oxygen atoms in total. The van der Waals surface area contributed by atoms with Crippen molar-refractivity contribution < 1.29 is 9.53 Å². The van der Waals surface area contributed by atoms with Crippen molar-refractivity contribution in [2.24, 2.45) is 0 Å². The normalized spacial score (nSPS) is 17.4. The van der Waals surface area contributed by atoms with Crippen LogP contribution in [0.2, 0.25) is 0 Å². The van der Waals surface area contributed by atoms with Gasteiger partial charge in [0.2, 0.25) is 0 Å². The number of halogens is 1. The minimum Gasteiger partial charge on any atom is -0.486 e. The van der Waals surface area contributed by atoms with Gasteiger partial charge in [-0.3, -0.25) is 4.79 Å². The van der Waals surface area contributed by atoms with Gasteiger partial charge in [0.05, 0.1) is 0 Å². The number of carbonyl (C=O) groups is 1. The van der Waals surface area contributed by atoms with Crippen molar-refractivity contribution in [1.82, 2.24) is 0 Å². The lowest BCUT2D eigenvalue weighted by Crippen LogP contribution is -2.15. The molecule has 0 saturated carbocycles. The van der Waals surface area contributed by atoms with E-state index in [4.69, 9.17) is 4.74 Å². The first kappa shape index (κ1) is 13.4. The van der Waals surface area contributed by atoms with Crippen LogP contribution in [0.1, 0.15) is 40.4 Å². The molecule has 3 heteroatoms. The molecule has 2 aromatic rings. The lowest BCUT2D eigenvalue weighted by atomic mass is 9.89. The SMILES string of the molecule is O=Cc1ccc(OC2CCCc3ccccc32)cc1Br. The van der Waals surface area contributed by atoms with E-state index in [-0.39, 0.29) is 6.10 Å². The molecule has 1 atom stereocenters. The summed E-state index contributed by atoms with van der Waals surface area (Å²) in [5.74, 6) is 0.796. The van der Waals surface area contributed by atoms with E-state index in [9.17, 15) is 4.79 Å². The zero-order chi connectivity index (χ0) is 13.9. The molecule has 0 heterocycles. The predicted molar refractivity (Wildman–Crippen MR) is 82.3 cm³/mol. The van der Waals surface area contributed by atoms with Gasteiger partial charge in [0, 0.05) is 10.0 Å². The fraction of sp³-hybridized carbons (Fsp3) is 0.235. The minimum atomic E-state index is 0.105. The summed E-state index contributed by atoms with van der Waals surface area (Å²) in [6.45, 7) is 0. The number of hydrogen-bond donors (Lipinski definition) is 0. The van der Waals surface area contributed by atoms with Gasteiger partial charge < -0.3 is 4.74 Å². The summed E-state index contributed by atoms with van der Waals surface area (Å²) in [6.07, 6.45) is 4.25. The molecule has 1 aliphatic carbocycles. The average Bonchev–Trinajstić information content (AvgIpc) is 2.48. The summed E-state index contributed by atoms with van der Waals surface area (Å²) >= 11 is 3.39. The van der Waals surface area contributed by atoms with Crippen LogP contribution in [0.5, 0.6) is 5.75 Å². The lowest BCUT2D eigenvalue weighted by molar-refractivity contribution is 0.112. The molecule has 0 radical (unpaired) electrons. The van der Waals surface area contributed by atoms with Crippen molar-refractivity contribution in [3.8, 4) is 5.75 Å². The molecule has 0 aromatic heterocycles. The van der Waals surface area contributed by atoms with Gasteiger partial charge in [-0.25, -0.2) is 0 Å². The van der Waals surface area contributed by atoms with E-state index in [1.165, 1.54) is 11.1 Å². The number of benzene rings is 2. The number of aldehydes is 1. The summed E-state index contributed by atoms with van der Waals surface area (Å²) in [5.41, 5.74) is 3.31. The van der Waals surface area contributed by atoms with Gasteiger partial charge in [0.1, 0.15) is 11.9 Å². The molecule has 0 bridgehead atoms. The molecule has 20 heavy (non-hydrogen) atoms. The van der Waals surface area contributed by atoms with Crippen molar-refractivity contribution in [1.29, 1.82) is 0 Å². The Bertz CT molecular complexity index is 637. The Hall–Kier alpha value is -1.61. The molecule has 0 saturated heterocycles. The maximum absolute atomic E-state index is 10.8. The third-order valence-corrected chi connectivity index (χ3v) is 4.38. The van der Waals surface area contributed by atoms with Crippen molar-refractivity contribution in [3.05, 3.63) is 63.6 Å². The molecule has 0 spiro atoms. The Balaban J connectivity index is 1.85. The first-order valence-corrected chi connectivity index (χ1v) is 7.56. The van der Waals surface area contributed by atoms with Crippen molar-refractivity contribution >= 4 is 22.2 Å². The Morgan fingerprint density at radius 1 is 1.20 bits per heavy atom. The highest BCUT2D eigenvalue weighted by Gasteiger charge is 2.21. The minimum absolute atomic E-state index is 0.105. The Morgan fingerprint density at radius 3 is 2.85 bits per heavy atom. The van der Waals surface area contributed by atoms with E-state index in [0.717, 1.165) is 35.8 Å². The highest BCUT2D eigenvalue weighted by Crippen LogP contribution is 2.34. The van der Waals surface area contributed by atoms with Crippen LogP contribution in [-0.4, -0.2) is 6.29 Å². The molecule has 3 rings (SSSR count). The second kappa shape index (κ2) is 5.80. The topological polar surface area (TPSA) is 26.3 Å². The number of fused-ring (bicyclic) bond motifs is 1. The quantitative estimate of drug-likeness (QED) is 0.761. The third kappa shape index (κ3) is 2.63. The third-order valence-electron chi connectivity index (χ3n) is 3.69. The first-order valence-electron chi connectivity index (χ1n) is 6.77. The summed E-state index contributed by atoms with van der Waals surface area (Å²) in [4.78, 5) is 10.8. The maximum Gasteiger partial charge on any atom is 0.151 e. The highest BCUT2D eigenvalue weighted by atomic mass is 79.9. The Morgan fingerprint density at radius 2 is 2.05 bits per heavy atom. The molecule has 102 valence electrons. The summed E-state index contributed by atoms with van der Waals surface area (Å²) < 4.78 is 6.89. The lowest BCUT2D eigenvalue weighted by Gasteiger charge is -2.26. The van der Waals surface area contributed by atoms with Gasteiger partial charge in [-0.15, -0.1) is 0 Å². The molecule has 0 aliphatic heterocycles. The number of rotatable bonds is 3. The molecule has 1 unspecified atom stereocenters. The number of hydrogen-bond acceptors (Lipinski definition) is 2. The van der Waals surface area contributed by atoms with Crippen LogP contribution in [0.15, 0.2) is 46.9 Å². The fourth-order valence-corrected chi connectivity index (χ4v) is 3.12. The van der Waals surface area contributed by atoms with E-state index in [1.807, 2.05) is 12.1 Å². The van der Waals surface area contributed by atoms with Crippen LogP contribution in [0.3, 0.4) is 0 Å². The first-order chi connectivity index (χ1) is 9.78. The molecule has 0 N–H and O–H groups in total. The van der Waals surface area contributed by atoms with Crippen LogP contribution in [0.4, 0.5) is 0 Å². The van der Waals surface area contributed by atoms with Gasteiger partial charge in [-0.2, -0.15) is 0 Å². The Kier molecular flexibility index (Phi) is 3.88. The molecule has 2 aromatic carbocycles. The van der Waals surface area contributed by atoms with Crippen molar-refractivity contribution in [3.63, 3.8) is 0 Å². The van der Waals surface area contributed by atoms with Crippen LogP contribution >= 0.6 is 15.9 Å². The van der Waals surface area contributed by atoms with Crippen LogP contribution in [0.25, 0.3) is 0 Å². The van der Waals surface area contributed by atoms with E-state index < -0.39 is 0 Å². The monoisotopic (exact) mass is 330 g/mol. The van der Waals surface area contributed by atoms with Crippen molar-refractivity contribution in [2.45, 2.75) is 25.4 Å². The largest absolute Gasteiger partial charge is 0.486 e. The van der Waals surface area contributed by atoms with Crippen LogP contribution < -0.4 is 4.74 Å². The van der Waals surface area contributed by atoms with Gasteiger partial charge in [0.15, 0.2) is 6.29 Å². The van der Waals surface area contributed by atoms with Gasteiger partial charge in [-0.05, 0) is 64.5 Å². The predicted octanol–water partition coefficient (Wildman–Crippen LogP) is 4.72. The van der Waals surface area contributed by atoms with Crippen LogP contribution in [0, 0.1) is 0 Å². The number of carbonyl (C=O) groups excluding carboxylic acids is 1. The van der Waals surface area contributed by atoms with Crippen molar-refractivity contribution in [2.75, 3.05) is 0 Å². The summed E-state index contributed by atoms with van der Waals surface area (Å²) in [6, 6.07) is 14.0. The average molecular weight is 331 g/mol. The fourth-order valence-electron chi connectivity index (χ4n) is 2.67. The summed E-state index contributed by atoms with van der Waals surface area (Å²) in [5, 5.41) is 0. The van der Waals surface area contributed by atoms with E-state index in [1.54, 1.807) is 6.07 Å². The number of aryl methyl sites for hydroxylation is 1. The van der Waals surface area contributed by atoms with Gasteiger partial charge >= 0.3 is 0 Å². The van der Waals surface area contributed by atoms with Crippen LogP contribution in [-0.2, 0) is 6.42 Å². The van der Waals surface area contributed by atoms with E-state index in [0.29, 0.717) is 5.56 Å². The Labute approximate surface area is 126 Å². The molecule has 0 amide bonds. The second-order valence-electron chi connectivity index (χ2n) is 5.00. The number of ether oxygens (including phenoxy) is 1. The zero-order valence-corrected chi connectivity index (χ0v) is 12.6. The van der Waals surface area contributed by atoms with Gasteiger partial charge in [0.25, 0.3) is 0 Å². The maximum atomic E-state index is 10.8. The molecule has 0 fully saturated rings. The van der Waals surface area contributed by atoms with Gasteiger partial charge in [-0.1, -0.05) is 24.3 Å². The smallest absolute Gasteiger partial charge is 0.151 e. The molecular weight excluding hydrogens is 316 g/mol. The summed E-state index contributed by atoms with van der Waals surface area (Å²) in [7, 11) is 0. The zero-order valence-electron chi connectivity index (χ0n) is 11.0. The van der Waals surface area contributed by atoms with E-state index >= 15 is 0 Å². The molecule has 1 aliphatic rings. The standard InChI is InChI=1S/C17H15BrO2/c18-16-10-14(9-8-13(16)11-19)20-17-7-3-5-12-4-1-2-6-15(12)17/h1-2,4,6,8-11,17H,3,5,7H2.